The van der Waals surface area contributed by atoms with E-state index in [2.05, 4.69) is 29.2 Å². The van der Waals surface area contributed by atoms with E-state index in [0.717, 1.165) is 38.6 Å². The maximum atomic E-state index is 11.5. The first kappa shape index (κ1) is 18.0. The van der Waals surface area contributed by atoms with Gasteiger partial charge in [-0.25, -0.2) is 0 Å². The van der Waals surface area contributed by atoms with Gasteiger partial charge in [0.25, 0.3) is 0 Å². The van der Waals surface area contributed by atoms with Gasteiger partial charge < -0.3 is 10.5 Å². The van der Waals surface area contributed by atoms with E-state index in [0.29, 0.717) is 18.7 Å². The van der Waals surface area contributed by atoms with E-state index in [4.69, 9.17) is 15.7 Å². The molecule has 0 aromatic heterocycles. The fourth-order valence-corrected chi connectivity index (χ4v) is 5.39. The number of hydrogen-bond acceptors (Lipinski definition) is 5. The van der Waals surface area contributed by atoms with E-state index < -0.39 is 12.0 Å². The van der Waals surface area contributed by atoms with Crippen LogP contribution in [0.25, 0.3) is 0 Å². The molecule has 1 aliphatic heterocycles. The van der Waals surface area contributed by atoms with E-state index in [1.165, 1.54) is 5.56 Å². The van der Waals surface area contributed by atoms with Crippen molar-refractivity contribution >= 4 is 5.91 Å². The van der Waals surface area contributed by atoms with Crippen molar-refractivity contribution < 1.29 is 9.53 Å². The first-order valence-corrected chi connectivity index (χ1v) is 9.55. The summed E-state index contributed by atoms with van der Waals surface area (Å²) >= 11 is 0. The van der Waals surface area contributed by atoms with Crippen molar-refractivity contribution in [3.8, 4) is 12.1 Å². The monoisotopic (exact) mass is 364 g/mol. The molecule has 0 radical (unpaired) electrons. The molecule has 1 unspecified atom stereocenters. The Hall–Kier alpha value is -2.41. The second-order valence-electron chi connectivity index (χ2n) is 8.46. The molecule has 27 heavy (non-hydrogen) atoms. The molecule has 5 rings (SSSR count). The van der Waals surface area contributed by atoms with Gasteiger partial charge in [-0.1, -0.05) is 12.1 Å². The highest BCUT2D eigenvalue weighted by Gasteiger charge is 2.68. The molecule has 1 aromatic rings. The molecule has 1 amide bonds. The zero-order valence-corrected chi connectivity index (χ0v) is 15.4. The van der Waals surface area contributed by atoms with Crippen LogP contribution in [0.2, 0.25) is 0 Å². The second-order valence-corrected chi connectivity index (χ2v) is 8.46. The molecular weight excluding hydrogens is 340 g/mol. The first-order valence-electron chi connectivity index (χ1n) is 9.55. The Morgan fingerprint density at radius 2 is 2.00 bits per heavy atom. The van der Waals surface area contributed by atoms with Crippen molar-refractivity contribution in [1.82, 2.24) is 4.90 Å². The van der Waals surface area contributed by atoms with E-state index in [9.17, 15) is 10.1 Å². The maximum absolute atomic E-state index is 11.5. The number of hydrogen-bond donors (Lipinski definition) is 1. The van der Waals surface area contributed by atoms with E-state index in [1.807, 2.05) is 12.1 Å². The molecule has 2 atom stereocenters. The van der Waals surface area contributed by atoms with Gasteiger partial charge in [0, 0.05) is 19.7 Å². The number of amides is 1. The molecule has 6 heteroatoms. The van der Waals surface area contributed by atoms with Crippen LogP contribution in [0.3, 0.4) is 0 Å². The summed E-state index contributed by atoms with van der Waals surface area (Å²) in [5.41, 5.74) is 7.91. The summed E-state index contributed by atoms with van der Waals surface area (Å²) in [6, 6.07) is 12.4. The third-order valence-electron chi connectivity index (χ3n) is 6.61. The smallest absolute Gasteiger partial charge is 0.247 e. The minimum atomic E-state index is -0.624. The van der Waals surface area contributed by atoms with E-state index in [-0.39, 0.29) is 16.9 Å². The van der Waals surface area contributed by atoms with Gasteiger partial charge in [0.05, 0.1) is 23.7 Å². The van der Waals surface area contributed by atoms with Crippen molar-refractivity contribution in [2.24, 2.45) is 11.1 Å². The van der Waals surface area contributed by atoms with Crippen LogP contribution >= 0.6 is 0 Å². The number of primary amides is 1. The zero-order valence-electron chi connectivity index (χ0n) is 15.4. The molecule has 1 heterocycles. The van der Waals surface area contributed by atoms with Crippen LogP contribution in [0.5, 0.6) is 0 Å². The van der Waals surface area contributed by atoms with Crippen LogP contribution in [0, 0.1) is 28.1 Å². The molecule has 1 saturated heterocycles. The van der Waals surface area contributed by atoms with Crippen molar-refractivity contribution in [2.45, 2.75) is 49.7 Å². The number of nitrogens with zero attached hydrogens (tertiary/aromatic N) is 3. The topological polar surface area (TPSA) is 103 Å². The molecule has 6 nitrogen and oxygen atoms in total. The Morgan fingerprint density at radius 1 is 1.30 bits per heavy atom. The van der Waals surface area contributed by atoms with E-state index >= 15 is 0 Å². The SMILES string of the molecule is N#Cc1ccc(C23CC(C[C@@H](C#N)N4CCCOC(C(N)=O)C4)(C2)C3)cc1. The maximum Gasteiger partial charge on any atom is 0.247 e. The van der Waals surface area contributed by atoms with Crippen molar-refractivity contribution in [3.63, 3.8) is 0 Å². The van der Waals surface area contributed by atoms with Crippen molar-refractivity contribution in [3.05, 3.63) is 35.4 Å². The molecule has 4 fully saturated rings. The van der Waals surface area contributed by atoms with Crippen LogP contribution in [0.15, 0.2) is 24.3 Å². The number of benzene rings is 1. The van der Waals surface area contributed by atoms with Gasteiger partial charge in [-0.3, -0.25) is 9.69 Å². The number of ether oxygens (including phenoxy) is 1. The summed E-state index contributed by atoms with van der Waals surface area (Å²) < 4.78 is 5.51. The molecule has 140 valence electrons. The highest BCUT2D eigenvalue weighted by atomic mass is 16.5. The molecular formula is C21H24N4O2. The predicted octanol–water partition coefficient (Wildman–Crippen LogP) is 1.84. The molecule has 2 N–H and O–H groups in total. The summed E-state index contributed by atoms with van der Waals surface area (Å²) in [5, 5.41) is 18.7. The third-order valence-corrected chi connectivity index (χ3v) is 6.61. The third kappa shape index (κ3) is 3.10. The summed E-state index contributed by atoms with van der Waals surface area (Å²) in [5.74, 6) is -0.455. The number of carbonyl (C=O) groups excluding carboxylic acids is 1. The molecule has 3 saturated carbocycles. The lowest BCUT2D eigenvalue weighted by atomic mass is 9.32. The van der Waals surface area contributed by atoms with Crippen LogP contribution in [-0.4, -0.2) is 42.6 Å². The Balaban J connectivity index is 1.39. The Bertz CT molecular complexity index is 800. The minimum Gasteiger partial charge on any atom is -0.367 e. The van der Waals surface area contributed by atoms with Crippen molar-refractivity contribution in [1.29, 1.82) is 10.5 Å². The fraction of sp³-hybridized carbons (Fsp3) is 0.571. The zero-order chi connectivity index (χ0) is 19.1. The normalized spacial score (nSPS) is 33.5. The van der Waals surface area contributed by atoms with Crippen molar-refractivity contribution in [2.75, 3.05) is 19.7 Å². The van der Waals surface area contributed by atoms with Gasteiger partial charge in [-0.2, -0.15) is 10.5 Å². The first-order chi connectivity index (χ1) is 13.0. The van der Waals surface area contributed by atoms with Gasteiger partial charge in [0.1, 0.15) is 6.10 Å². The summed E-state index contributed by atoms with van der Waals surface area (Å²) in [6.07, 6.45) is 4.34. The van der Waals surface area contributed by atoms with Gasteiger partial charge >= 0.3 is 0 Å². The van der Waals surface area contributed by atoms with Crippen LogP contribution in [0.1, 0.15) is 43.2 Å². The number of nitriles is 2. The molecule has 3 aliphatic carbocycles. The average molecular weight is 364 g/mol. The lowest BCUT2D eigenvalue weighted by molar-refractivity contribution is -0.154. The van der Waals surface area contributed by atoms with Crippen LogP contribution in [-0.2, 0) is 14.9 Å². The molecule has 0 spiro atoms. The summed E-state index contributed by atoms with van der Waals surface area (Å²) in [4.78, 5) is 13.6. The quantitative estimate of drug-likeness (QED) is 0.859. The Kier molecular flexibility index (Phi) is 4.42. The Morgan fingerprint density at radius 3 is 2.59 bits per heavy atom. The predicted molar refractivity (Wildman–Crippen MR) is 98.3 cm³/mol. The highest BCUT2D eigenvalue weighted by molar-refractivity contribution is 5.79. The van der Waals surface area contributed by atoms with Crippen LogP contribution < -0.4 is 5.73 Å². The van der Waals surface area contributed by atoms with Gasteiger partial charge in [0.15, 0.2) is 0 Å². The average Bonchev–Trinajstić information content (AvgIpc) is 2.87. The van der Waals surface area contributed by atoms with Crippen LogP contribution in [0.4, 0.5) is 0 Å². The molecule has 2 bridgehead atoms. The number of rotatable bonds is 5. The van der Waals surface area contributed by atoms with Gasteiger partial charge in [0.2, 0.25) is 5.91 Å². The minimum absolute atomic E-state index is 0.201. The molecule has 1 aromatic carbocycles. The lowest BCUT2D eigenvalue weighted by Gasteiger charge is -2.72. The standard InChI is InChI=1S/C21H24N4O2/c22-9-15-2-4-16(5-3-15)21-12-20(13-21,14-21)8-17(10-23)25-6-1-7-27-18(11-25)19(24)26/h2-5,17-18H,1,6-8,11-14H2,(H2,24,26)/t17-,18?,20?,21?/m0/s1. The lowest BCUT2D eigenvalue weighted by Crippen LogP contribution is -2.66. The van der Waals surface area contributed by atoms with Gasteiger partial charge in [-0.15, -0.1) is 0 Å². The largest absolute Gasteiger partial charge is 0.367 e. The molecule has 4 aliphatic rings. The fourth-order valence-electron chi connectivity index (χ4n) is 5.39. The highest BCUT2D eigenvalue weighted by Crippen LogP contribution is 2.75. The van der Waals surface area contributed by atoms with Gasteiger partial charge in [-0.05, 0) is 60.6 Å². The number of carbonyl (C=O) groups is 1. The second kappa shape index (κ2) is 6.64. The summed E-state index contributed by atoms with van der Waals surface area (Å²) in [6.45, 7) is 1.68. The van der Waals surface area contributed by atoms with E-state index in [1.54, 1.807) is 0 Å². The number of nitrogens with two attached hydrogens (primary N) is 1. The summed E-state index contributed by atoms with van der Waals surface area (Å²) in [7, 11) is 0. The Labute approximate surface area is 159 Å².